The van der Waals surface area contributed by atoms with Crippen LogP contribution in [0.15, 0.2) is 29.3 Å². The van der Waals surface area contributed by atoms with E-state index in [1.807, 2.05) is 23.8 Å². The summed E-state index contributed by atoms with van der Waals surface area (Å²) in [6.45, 7) is 8.32. The minimum atomic E-state index is -0.332. The minimum absolute atomic E-state index is 0.0124. The van der Waals surface area contributed by atoms with Crippen LogP contribution in [0.3, 0.4) is 0 Å². The van der Waals surface area contributed by atoms with Crippen LogP contribution in [0, 0.1) is 6.92 Å². The molecule has 1 atom stereocenters. The number of pyridine rings is 2. The Morgan fingerprint density at radius 1 is 1.02 bits per heavy atom. The van der Waals surface area contributed by atoms with Crippen molar-refractivity contribution >= 4 is 40.2 Å². The van der Waals surface area contributed by atoms with Crippen molar-refractivity contribution in [3.63, 3.8) is 0 Å². The van der Waals surface area contributed by atoms with Crippen molar-refractivity contribution in [2.45, 2.75) is 97.1 Å². The monoisotopic (exact) mass is 618 g/mol. The molecular weight excluding hydrogens is 572 g/mol. The Labute approximate surface area is 264 Å². The fourth-order valence-corrected chi connectivity index (χ4v) is 6.86. The lowest BCUT2D eigenvalue weighted by Crippen LogP contribution is -2.54. The highest BCUT2D eigenvalue weighted by Crippen LogP contribution is 2.32. The lowest BCUT2D eigenvalue weighted by atomic mass is 10.0. The molecule has 45 heavy (non-hydrogen) atoms. The van der Waals surface area contributed by atoms with E-state index in [9.17, 15) is 19.6 Å². The number of hydrogen-bond acceptors (Lipinski definition) is 10. The van der Waals surface area contributed by atoms with Gasteiger partial charge in [0.15, 0.2) is 5.78 Å². The van der Waals surface area contributed by atoms with Gasteiger partial charge in [-0.25, -0.2) is 15.4 Å². The van der Waals surface area contributed by atoms with Gasteiger partial charge in [-0.1, -0.05) is 51.9 Å². The molecular formula is C33H46N8O4. The zero-order valence-corrected chi connectivity index (χ0v) is 26.7. The molecule has 3 aromatic rings. The van der Waals surface area contributed by atoms with Crippen LogP contribution in [0.5, 0.6) is 0 Å². The van der Waals surface area contributed by atoms with Gasteiger partial charge in [0.2, 0.25) is 5.95 Å². The van der Waals surface area contributed by atoms with E-state index in [2.05, 4.69) is 32.0 Å². The standard InChI is InChI=1S/C33H46N8O4/c1-4-5-6-7-8-13-27(31(43)38-45)40-18-16-39(17-19-40)25-14-15-28(34-20-25)36-33-35-21-26-22(2)29(23(3)42)32(44)41(30(26)37-33)24-11-9-10-12-24/h14-15,20-21,24,27,45H,4-13,16-19H2,1-3H3,(H,38,43)(H,34,35,36,37). The van der Waals surface area contributed by atoms with Crippen molar-refractivity contribution in [1.82, 2.24) is 29.9 Å². The predicted molar refractivity (Wildman–Crippen MR) is 174 cm³/mol. The van der Waals surface area contributed by atoms with Crippen LogP contribution in [0.25, 0.3) is 11.0 Å². The summed E-state index contributed by atoms with van der Waals surface area (Å²) in [5.41, 5.74) is 3.94. The number of carbonyl (C=O) groups is 2. The van der Waals surface area contributed by atoms with Crippen LogP contribution in [0.4, 0.5) is 17.5 Å². The SMILES string of the molecule is CCCCCCCC(C(=O)NO)N1CCN(c2ccc(Nc3ncc4c(C)c(C(C)=O)c(=O)n(C5CCCC5)c4n3)nc2)CC1. The number of piperazine rings is 1. The highest BCUT2D eigenvalue weighted by molar-refractivity contribution is 5.99. The van der Waals surface area contributed by atoms with Crippen LogP contribution in [0.2, 0.25) is 0 Å². The van der Waals surface area contributed by atoms with E-state index in [1.165, 1.54) is 26.2 Å². The number of aromatic nitrogens is 4. The number of rotatable bonds is 13. The van der Waals surface area contributed by atoms with Gasteiger partial charge < -0.3 is 10.2 Å². The second-order valence-corrected chi connectivity index (χ2v) is 12.3. The molecule has 0 bridgehead atoms. The summed E-state index contributed by atoms with van der Waals surface area (Å²) in [7, 11) is 0. The van der Waals surface area contributed by atoms with E-state index in [1.54, 1.807) is 17.7 Å². The first kappa shape index (κ1) is 32.5. The third kappa shape index (κ3) is 7.33. The number of hydroxylamine groups is 1. The highest BCUT2D eigenvalue weighted by atomic mass is 16.5. The van der Waals surface area contributed by atoms with Crippen molar-refractivity contribution in [1.29, 1.82) is 0 Å². The number of nitrogens with one attached hydrogen (secondary N) is 2. The third-order valence-electron chi connectivity index (χ3n) is 9.35. The maximum Gasteiger partial charge on any atom is 0.263 e. The molecule has 1 unspecified atom stereocenters. The fourth-order valence-electron chi connectivity index (χ4n) is 6.86. The quantitative estimate of drug-likeness (QED) is 0.105. The zero-order chi connectivity index (χ0) is 31.9. The molecule has 0 spiro atoms. The van der Waals surface area contributed by atoms with Crippen molar-refractivity contribution < 1.29 is 14.8 Å². The number of carbonyl (C=O) groups excluding carboxylic acids is 2. The van der Waals surface area contributed by atoms with Crippen molar-refractivity contribution in [2.75, 3.05) is 36.4 Å². The number of anilines is 3. The molecule has 12 nitrogen and oxygen atoms in total. The number of fused-ring (bicyclic) bond motifs is 1. The minimum Gasteiger partial charge on any atom is -0.368 e. The Balaban J connectivity index is 1.26. The van der Waals surface area contributed by atoms with E-state index >= 15 is 0 Å². The van der Waals surface area contributed by atoms with Gasteiger partial charge in [0.1, 0.15) is 11.5 Å². The average Bonchev–Trinajstić information content (AvgIpc) is 3.57. The summed E-state index contributed by atoms with van der Waals surface area (Å²) in [5, 5.41) is 13.2. The van der Waals surface area contributed by atoms with Gasteiger partial charge in [0.05, 0.1) is 23.5 Å². The second kappa shape index (κ2) is 14.9. The summed E-state index contributed by atoms with van der Waals surface area (Å²) >= 11 is 0. The first-order chi connectivity index (χ1) is 21.8. The van der Waals surface area contributed by atoms with Gasteiger partial charge in [-0.05, 0) is 50.8 Å². The first-order valence-corrected chi connectivity index (χ1v) is 16.4. The van der Waals surface area contributed by atoms with E-state index in [0.29, 0.717) is 41.5 Å². The van der Waals surface area contributed by atoms with Crippen LogP contribution < -0.4 is 21.3 Å². The Kier molecular flexibility index (Phi) is 10.8. The number of aryl methyl sites for hydroxylation is 1. The topological polar surface area (TPSA) is 146 Å². The molecule has 2 aliphatic rings. The van der Waals surface area contributed by atoms with Crippen LogP contribution in [-0.4, -0.2) is 73.5 Å². The Morgan fingerprint density at radius 2 is 1.76 bits per heavy atom. The number of hydrogen-bond donors (Lipinski definition) is 3. The Morgan fingerprint density at radius 3 is 2.40 bits per heavy atom. The molecule has 5 rings (SSSR count). The van der Waals surface area contributed by atoms with Gasteiger partial charge >= 0.3 is 0 Å². The molecule has 1 amide bonds. The van der Waals surface area contributed by atoms with E-state index in [-0.39, 0.29) is 34.9 Å². The molecule has 2 fully saturated rings. The lowest BCUT2D eigenvalue weighted by molar-refractivity contribution is -0.135. The average molecular weight is 619 g/mol. The van der Waals surface area contributed by atoms with Gasteiger partial charge in [0, 0.05) is 43.8 Å². The van der Waals surface area contributed by atoms with Gasteiger partial charge in [-0.3, -0.25) is 29.1 Å². The van der Waals surface area contributed by atoms with Crippen molar-refractivity contribution in [3.05, 3.63) is 46.0 Å². The summed E-state index contributed by atoms with van der Waals surface area (Å²) < 4.78 is 1.70. The van der Waals surface area contributed by atoms with Crippen LogP contribution in [-0.2, 0) is 4.79 Å². The maximum absolute atomic E-state index is 13.5. The lowest BCUT2D eigenvalue weighted by Gasteiger charge is -2.39. The Hall–Kier alpha value is -3.90. The van der Waals surface area contributed by atoms with E-state index in [4.69, 9.17) is 4.98 Å². The molecule has 3 N–H and O–H groups in total. The zero-order valence-electron chi connectivity index (χ0n) is 26.7. The maximum atomic E-state index is 13.5. The smallest absolute Gasteiger partial charge is 0.263 e. The molecule has 0 aromatic carbocycles. The Bertz CT molecular complexity index is 1540. The highest BCUT2D eigenvalue weighted by Gasteiger charge is 2.29. The van der Waals surface area contributed by atoms with Gasteiger partial charge in [-0.15, -0.1) is 0 Å². The molecule has 1 aliphatic heterocycles. The summed E-state index contributed by atoms with van der Waals surface area (Å²) in [4.78, 5) is 56.6. The largest absolute Gasteiger partial charge is 0.368 e. The first-order valence-electron chi connectivity index (χ1n) is 16.4. The summed E-state index contributed by atoms with van der Waals surface area (Å²) in [6, 6.07) is 3.56. The molecule has 1 aliphatic carbocycles. The number of unbranched alkanes of at least 4 members (excludes halogenated alkanes) is 4. The van der Waals surface area contributed by atoms with Crippen LogP contribution >= 0.6 is 0 Å². The molecule has 1 saturated heterocycles. The van der Waals surface area contributed by atoms with Crippen molar-refractivity contribution in [3.8, 4) is 0 Å². The number of nitrogens with zero attached hydrogens (tertiary/aromatic N) is 6. The number of ketones is 1. The molecule has 12 heteroatoms. The summed E-state index contributed by atoms with van der Waals surface area (Å²) in [6.07, 6.45) is 13.7. The van der Waals surface area contributed by atoms with Gasteiger partial charge in [-0.2, -0.15) is 4.98 Å². The number of amides is 1. The second-order valence-electron chi connectivity index (χ2n) is 12.3. The fraction of sp³-hybridized carbons (Fsp3) is 0.576. The third-order valence-corrected chi connectivity index (χ3v) is 9.35. The predicted octanol–water partition coefficient (Wildman–Crippen LogP) is 4.91. The molecule has 242 valence electrons. The molecule has 3 aromatic heterocycles. The van der Waals surface area contributed by atoms with E-state index in [0.717, 1.165) is 63.7 Å². The van der Waals surface area contributed by atoms with Crippen molar-refractivity contribution in [2.24, 2.45) is 0 Å². The van der Waals surface area contributed by atoms with Gasteiger partial charge in [0.25, 0.3) is 11.5 Å². The molecule has 0 radical (unpaired) electrons. The molecule has 1 saturated carbocycles. The molecule has 4 heterocycles. The van der Waals surface area contributed by atoms with E-state index < -0.39 is 0 Å². The normalized spacial score (nSPS) is 16.7. The number of Topliss-reactive ketones (excluding diaryl/α,β-unsaturated/α-hetero) is 1. The van der Waals surface area contributed by atoms with Crippen LogP contribution in [0.1, 0.15) is 100 Å². The summed E-state index contributed by atoms with van der Waals surface area (Å²) in [5.74, 6) is 0.334.